The van der Waals surface area contributed by atoms with Crippen LogP contribution < -0.4 is 4.90 Å². The summed E-state index contributed by atoms with van der Waals surface area (Å²) in [5.41, 5.74) is 0.774. The Kier molecular flexibility index (Phi) is 3.64. The number of piperidine rings is 1. The molecule has 0 spiro atoms. The molecule has 1 aromatic heterocycles. The van der Waals surface area contributed by atoms with E-state index in [1.54, 1.807) is 13.3 Å². The summed E-state index contributed by atoms with van der Waals surface area (Å²) in [5.74, 6) is 0.887. The smallest absolute Gasteiger partial charge is 0.134 e. The minimum atomic E-state index is -0.109. The lowest BCUT2D eigenvalue weighted by Gasteiger charge is -2.40. The molecule has 1 aliphatic rings. The first-order chi connectivity index (χ1) is 8.18. The Morgan fingerprint density at radius 2 is 2.41 bits per heavy atom. The van der Waals surface area contributed by atoms with Gasteiger partial charge < -0.3 is 14.7 Å². The van der Waals surface area contributed by atoms with Gasteiger partial charge in [-0.15, -0.1) is 0 Å². The van der Waals surface area contributed by atoms with Gasteiger partial charge in [-0.1, -0.05) is 6.07 Å². The van der Waals surface area contributed by atoms with Crippen molar-refractivity contribution >= 4 is 5.82 Å². The highest BCUT2D eigenvalue weighted by Gasteiger charge is 2.31. The lowest BCUT2D eigenvalue weighted by atomic mass is 9.94. The monoisotopic (exact) mass is 236 g/mol. The summed E-state index contributed by atoms with van der Waals surface area (Å²) in [6, 6.07) is 3.77. The molecule has 17 heavy (non-hydrogen) atoms. The zero-order valence-electron chi connectivity index (χ0n) is 10.5. The Morgan fingerprint density at radius 3 is 3.12 bits per heavy atom. The van der Waals surface area contributed by atoms with Crippen molar-refractivity contribution in [3.8, 4) is 0 Å². The summed E-state index contributed by atoms with van der Waals surface area (Å²) in [4.78, 5) is 6.59. The van der Waals surface area contributed by atoms with Crippen molar-refractivity contribution in [2.45, 2.75) is 32.0 Å². The van der Waals surface area contributed by atoms with Crippen LogP contribution in [0.4, 0.5) is 5.82 Å². The van der Waals surface area contributed by atoms with E-state index in [1.807, 2.05) is 12.1 Å². The number of aromatic nitrogens is 1. The zero-order valence-corrected chi connectivity index (χ0v) is 10.5. The predicted molar refractivity (Wildman–Crippen MR) is 67.0 cm³/mol. The van der Waals surface area contributed by atoms with Gasteiger partial charge in [0.2, 0.25) is 0 Å². The molecule has 0 radical (unpaired) electrons. The van der Waals surface area contributed by atoms with Crippen molar-refractivity contribution in [2.24, 2.45) is 0 Å². The van der Waals surface area contributed by atoms with Gasteiger partial charge in [-0.3, -0.25) is 0 Å². The van der Waals surface area contributed by atoms with E-state index < -0.39 is 0 Å². The fraction of sp³-hybridized carbons (Fsp3) is 0.615. The van der Waals surface area contributed by atoms with Crippen LogP contribution in [0.2, 0.25) is 0 Å². The number of hydrogen-bond acceptors (Lipinski definition) is 4. The summed E-state index contributed by atoms with van der Waals surface area (Å²) < 4.78 is 5.57. The lowest BCUT2D eigenvalue weighted by Crippen LogP contribution is -2.48. The summed E-state index contributed by atoms with van der Waals surface area (Å²) in [7, 11) is 1.76. The Balaban J connectivity index is 2.22. The molecule has 1 atom stereocenters. The minimum absolute atomic E-state index is 0.0311. The fourth-order valence-electron chi connectivity index (χ4n) is 2.39. The van der Waals surface area contributed by atoms with Gasteiger partial charge >= 0.3 is 0 Å². The average Bonchev–Trinajstić information content (AvgIpc) is 2.39. The van der Waals surface area contributed by atoms with E-state index >= 15 is 0 Å². The van der Waals surface area contributed by atoms with Crippen molar-refractivity contribution < 1.29 is 9.84 Å². The molecule has 0 bridgehead atoms. The maximum atomic E-state index is 9.34. The molecule has 4 nitrogen and oxygen atoms in total. The van der Waals surface area contributed by atoms with Crippen LogP contribution in [0.5, 0.6) is 0 Å². The maximum absolute atomic E-state index is 9.34. The Labute approximate surface area is 102 Å². The lowest BCUT2D eigenvalue weighted by molar-refractivity contribution is -0.00488. The number of rotatable bonds is 3. The first-order valence-corrected chi connectivity index (χ1v) is 6.03. The number of aliphatic hydroxyl groups excluding tert-OH is 1. The van der Waals surface area contributed by atoms with Crippen LogP contribution in [0, 0.1) is 0 Å². The van der Waals surface area contributed by atoms with Gasteiger partial charge in [-0.2, -0.15) is 0 Å². The summed E-state index contributed by atoms with van der Waals surface area (Å²) in [6.07, 6.45) is 3.93. The highest BCUT2D eigenvalue weighted by Crippen LogP contribution is 2.28. The topological polar surface area (TPSA) is 45.6 Å². The Bertz CT molecular complexity index is 383. The van der Waals surface area contributed by atoms with Crippen LogP contribution in [-0.2, 0) is 11.3 Å². The molecule has 1 unspecified atom stereocenters. The minimum Gasteiger partial charge on any atom is -0.392 e. The van der Waals surface area contributed by atoms with Crippen LogP contribution in [0.1, 0.15) is 25.3 Å². The van der Waals surface area contributed by atoms with Crippen LogP contribution in [-0.4, -0.2) is 35.9 Å². The molecule has 1 aromatic rings. The molecule has 0 saturated carbocycles. The SMILES string of the molecule is COC1(C)CCCN(c2ncccc2CO)C1. The molecule has 1 saturated heterocycles. The maximum Gasteiger partial charge on any atom is 0.134 e. The van der Waals surface area contributed by atoms with Gasteiger partial charge in [0.15, 0.2) is 0 Å². The van der Waals surface area contributed by atoms with E-state index in [0.717, 1.165) is 37.3 Å². The van der Waals surface area contributed by atoms with E-state index in [1.165, 1.54) is 0 Å². The second kappa shape index (κ2) is 5.02. The van der Waals surface area contributed by atoms with Gasteiger partial charge in [0.1, 0.15) is 5.82 Å². The third-order valence-corrected chi connectivity index (χ3v) is 3.49. The number of ether oxygens (including phenoxy) is 1. The summed E-state index contributed by atoms with van der Waals surface area (Å²) in [5, 5.41) is 9.34. The standard InChI is InChI=1S/C13H20N2O2/c1-13(17-2)6-4-8-15(10-13)12-11(9-16)5-3-7-14-12/h3,5,7,16H,4,6,8-10H2,1-2H3. The van der Waals surface area contributed by atoms with Gasteiger partial charge in [0.25, 0.3) is 0 Å². The molecule has 2 heterocycles. The molecular formula is C13H20N2O2. The highest BCUT2D eigenvalue weighted by molar-refractivity contribution is 5.47. The van der Waals surface area contributed by atoms with Crippen LogP contribution in [0.3, 0.4) is 0 Å². The van der Waals surface area contributed by atoms with Crippen molar-refractivity contribution in [1.82, 2.24) is 4.98 Å². The van der Waals surface area contributed by atoms with Gasteiger partial charge in [-0.05, 0) is 25.8 Å². The molecule has 4 heteroatoms. The van der Waals surface area contributed by atoms with Gasteiger partial charge in [0, 0.05) is 32.0 Å². The largest absolute Gasteiger partial charge is 0.392 e. The molecule has 1 fully saturated rings. The first kappa shape index (κ1) is 12.3. The van der Waals surface area contributed by atoms with Crippen LogP contribution in [0.15, 0.2) is 18.3 Å². The molecule has 94 valence electrons. The third-order valence-electron chi connectivity index (χ3n) is 3.49. The summed E-state index contributed by atoms with van der Waals surface area (Å²) >= 11 is 0. The molecular weight excluding hydrogens is 216 g/mol. The van der Waals surface area contributed by atoms with Crippen molar-refractivity contribution in [3.05, 3.63) is 23.9 Å². The van der Waals surface area contributed by atoms with Gasteiger partial charge in [0.05, 0.1) is 12.2 Å². The van der Waals surface area contributed by atoms with Crippen molar-refractivity contribution in [2.75, 3.05) is 25.1 Å². The summed E-state index contributed by atoms with van der Waals surface area (Å²) in [6.45, 7) is 3.96. The second-order valence-electron chi connectivity index (χ2n) is 4.82. The van der Waals surface area contributed by atoms with Crippen LogP contribution >= 0.6 is 0 Å². The molecule has 1 N–H and O–H groups in total. The number of aliphatic hydroxyl groups is 1. The predicted octanol–water partition coefficient (Wildman–Crippen LogP) is 1.58. The van der Waals surface area contributed by atoms with E-state index in [4.69, 9.17) is 4.74 Å². The average molecular weight is 236 g/mol. The first-order valence-electron chi connectivity index (χ1n) is 6.03. The van der Waals surface area contributed by atoms with Crippen molar-refractivity contribution in [3.63, 3.8) is 0 Å². The molecule has 0 aromatic carbocycles. The van der Waals surface area contributed by atoms with E-state index in [-0.39, 0.29) is 12.2 Å². The molecule has 2 rings (SSSR count). The molecule has 0 amide bonds. The third kappa shape index (κ3) is 2.58. The normalized spacial score (nSPS) is 25.0. The van der Waals surface area contributed by atoms with Crippen molar-refractivity contribution in [1.29, 1.82) is 0 Å². The number of methoxy groups -OCH3 is 1. The highest BCUT2D eigenvalue weighted by atomic mass is 16.5. The fourth-order valence-corrected chi connectivity index (χ4v) is 2.39. The van der Waals surface area contributed by atoms with E-state index in [2.05, 4.69) is 16.8 Å². The number of hydrogen-bond donors (Lipinski definition) is 1. The Morgan fingerprint density at radius 1 is 1.59 bits per heavy atom. The zero-order chi connectivity index (χ0) is 12.3. The number of pyridine rings is 1. The van der Waals surface area contributed by atoms with E-state index in [0.29, 0.717) is 0 Å². The van der Waals surface area contributed by atoms with Crippen LogP contribution in [0.25, 0.3) is 0 Å². The Hall–Kier alpha value is -1.13. The second-order valence-corrected chi connectivity index (χ2v) is 4.82. The quantitative estimate of drug-likeness (QED) is 0.865. The number of anilines is 1. The molecule has 1 aliphatic heterocycles. The molecule has 0 aliphatic carbocycles. The number of nitrogens with zero attached hydrogens (tertiary/aromatic N) is 2. The van der Waals surface area contributed by atoms with E-state index in [9.17, 15) is 5.11 Å². The van der Waals surface area contributed by atoms with Gasteiger partial charge in [-0.25, -0.2) is 4.98 Å².